The molecule has 138 valence electrons. The van der Waals surface area contributed by atoms with E-state index in [1.54, 1.807) is 35.2 Å². The van der Waals surface area contributed by atoms with Crippen LogP contribution in [-0.2, 0) is 0 Å². The predicted octanol–water partition coefficient (Wildman–Crippen LogP) is 2.44. The molecule has 0 atom stereocenters. The molecule has 0 bridgehead atoms. The molecule has 2 aromatic rings. The summed E-state index contributed by atoms with van der Waals surface area (Å²) < 4.78 is 5.22. The Labute approximate surface area is 150 Å². The summed E-state index contributed by atoms with van der Waals surface area (Å²) in [6.07, 6.45) is 1.69. The van der Waals surface area contributed by atoms with E-state index < -0.39 is 6.09 Å². The van der Waals surface area contributed by atoms with Crippen LogP contribution in [0.5, 0.6) is 5.88 Å². The van der Waals surface area contributed by atoms with Gasteiger partial charge in [0.1, 0.15) is 0 Å². The molecule has 1 saturated heterocycles. The zero-order valence-electron chi connectivity index (χ0n) is 14.0. The van der Waals surface area contributed by atoms with Crippen molar-refractivity contribution in [2.45, 2.75) is 18.9 Å². The fraction of sp³-hybridized carbons (Fsp3) is 0.278. The van der Waals surface area contributed by atoms with Gasteiger partial charge in [-0.3, -0.25) is 9.50 Å². The zero-order chi connectivity index (χ0) is 17.6. The maximum atomic E-state index is 12.1. The number of pyridine rings is 1. The van der Waals surface area contributed by atoms with Crippen molar-refractivity contribution in [2.24, 2.45) is 0 Å². The number of hydrogen-bond acceptors (Lipinski definition) is 5. The third-order valence-electron chi connectivity index (χ3n) is 3.94. The Morgan fingerprint density at radius 1 is 1.12 bits per heavy atom. The van der Waals surface area contributed by atoms with E-state index in [4.69, 9.17) is 4.74 Å². The SMILES string of the molecule is F.O=C(Nc1ccc(OC(=O)N2CCC(O)CC2)nc1)c1ccccc1. The number of ether oxygens (including phenoxy) is 1. The number of rotatable bonds is 3. The maximum Gasteiger partial charge on any atom is 0.416 e. The molecule has 0 unspecified atom stereocenters. The third-order valence-corrected chi connectivity index (χ3v) is 3.94. The number of carbonyl (C=O) groups is 2. The van der Waals surface area contributed by atoms with E-state index in [-0.39, 0.29) is 22.6 Å². The van der Waals surface area contributed by atoms with E-state index in [0.29, 0.717) is 37.2 Å². The average molecular weight is 361 g/mol. The van der Waals surface area contributed by atoms with Crippen LogP contribution < -0.4 is 10.1 Å². The minimum atomic E-state index is -0.486. The van der Waals surface area contributed by atoms with Crippen LogP contribution in [0, 0.1) is 0 Å². The van der Waals surface area contributed by atoms with Gasteiger partial charge in [0.25, 0.3) is 5.91 Å². The molecule has 7 nitrogen and oxygen atoms in total. The Kier molecular flexibility index (Phi) is 6.62. The highest BCUT2D eigenvalue weighted by Gasteiger charge is 2.23. The minimum absolute atomic E-state index is 0. The first kappa shape index (κ1) is 19.3. The van der Waals surface area contributed by atoms with E-state index in [9.17, 15) is 14.7 Å². The first-order valence-electron chi connectivity index (χ1n) is 8.09. The standard InChI is InChI=1S/C18H19N3O4.FH/c22-15-8-10-21(11-9-15)18(24)25-16-7-6-14(12-19-16)20-17(23)13-4-2-1-3-5-13;/h1-7,12,15,22H,8-11H2,(H,20,23);1H. The van der Waals surface area contributed by atoms with Crippen LogP contribution in [0.25, 0.3) is 0 Å². The lowest BCUT2D eigenvalue weighted by molar-refractivity contribution is 0.0792. The molecule has 3 rings (SSSR count). The number of anilines is 1. The molecule has 1 aromatic carbocycles. The molecule has 1 fully saturated rings. The van der Waals surface area contributed by atoms with Crippen molar-refractivity contribution in [1.29, 1.82) is 0 Å². The number of hydrogen-bond donors (Lipinski definition) is 2. The first-order chi connectivity index (χ1) is 12.1. The van der Waals surface area contributed by atoms with Crippen molar-refractivity contribution >= 4 is 17.7 Å². The molecule has 1 aliphatic rings. The minimum Gasteiger partial charge on any atom is -0.393 e. The summed E-state index contributed by atoms with van der Waals surface area (Å²) in [4.78, 5) is 29.7. The number of amides is 2. The van der Waals surface area contributed by atoms with Crippen molar-refractivity contribution in [3.63, 3.8) is 0 Å². The number of nitrogens with zero attached hydrogens (tertiary/aromatic N) is 2. The van der Waals surface area contributed by atoms with Gasteiger partial charge in [-0.25, -0.2) is 9.78 Å². The smallest absolute Gasteiger partial charge is 0.393 e. The lowest BCUT2D eigenvalue weighted by atomic mass is 10.1. The van der Waals surface area contributed by atoms with Crippen molar-refractivity contribution < 1.29 is 24.1 Å². The Balaban J connectivity index is 0.00000243. The van der Waals surface area contributed by atoms with Crippen molar-refractivity contribution in [3.8, 4) is 5.88 Å². The molecular formula is C18H20FN3O4. The van der Waals surface area contributed by atoms with Crippen LogP contribution >= 0.6 is 0 Å². The second kappa shape index (κ2) is 8.91. The molecule has 1 aliphatic heterocycles. The lowest BCUT2D eigenvalue weighted by Crippen LogP contribution is -2.41. The summed E-state index contributed by atoms with van der Waals surface area (Å²) in [5.41, 5.74) is 1.06. The van der Waals surface area contributed by atoms with E-state index in [1.165, 1.54) is 12.3 Å². The highest BCUT2D eigenvalue weighted by molar-refractivity contribution is 6.04. The monoisotopic (exact) mass is 361 g/mol. The van der Waals surface area contributed by atoms with Gasteiger partial charge in [0.05, 0.1) is 18.0 Å². The van der Waals surface area contributed by atoms with E-state index in [2.05, 4.69) is 10.3 Å². The molecule has 26 heavy (non-hydrogen) atoms. The molecule has 0 spiro atoms. The lowest BCUT2D eigenvalue weighted by Gasteiger charge is -2.28. The summed E-state index contributed by atoms with van der Waals surface area (Å²) >= 11 is 0. The van der Waals surface area contributed by atoms with Gasteiger partial charge in [-0.05, 0) is 31.0 Å². The molecule has 8 heteroatoms. The normalized spacial score (nSPS) is 14.3. The van der Waals surface area contributed by atoms with Crippen LogP contribution in [0.4, 0.5) is 15.2 Å². The number of piperidine rings is 1. The highest BCUT2D eigenvalue weighted by atomic mass is 19.0. The summed E-state index contributed by atoms with van der Waals surface area (Å²) in [6.45, 7) is 0.927. The Hall–Kier alpha value is -3.00. The first-order valence-corrected chi connectivity index (χ1v) is 8.09. The van der Waals surface area contributed by atoms with Crippen molar-refractivity contribution in [3.05, 3.63) is 54.2 Å². The number of likely N-dealkylation sites (tertiary alicyclic amines) is 1. The Morgan fingerprint density at radius 2 is 1.81 bits per heavy atom. The van der Waals surface area contributed by atoms with Gasteiger partial charge in [0.15, 0.2) is 0 Å². The number of aliphatic hydroxyl groups is 1. The molecular weight excluding hydrogens is 341 g/mol. The summed E-state index contributed by atoms with van der Waals surface area (Å²) in [5, 5.41) is 12.2. The number of aliphatic hydroxyl groups excluding tert-OH is 1. The average Bonchev–Trinajstić information content (AvgIpc) is 2.64. The van der Waals surface area contributed by atoms with E-state index >= 15 is 0 Å². The second-order valence-corrected chi connectivity index (χ2v) is 5.79. The number of benzene rings is 1. The summed E-state index contributed by atoms with van der Waals surface area (Å²) in [7, 11) is 0. The fourth-order valence-corrected chi connectivity index (χ4v) is 2.51. The summed E-state index contributed by atoms with van der Waals surface area (Å²) in [6, 6.07) is 12.0. The fourth-order valence-electron chi connectivity index (χ4n) is 2.51. The highest BCUT2D eigenvalue weighted by Crippen LogP contribution is 2.16. The van der Waals surface area contributed by atoms with Crippen molar-refractivity contribution in [2.75, 3.05) is 18.4 Å². The second-order valence-electron chi connectivity index (χ2n) is 5.79. The van der Waals surface area contributed by atoms with Gasteiger partial charge in [-0.1, -0.05) is 18.2 Å². The van der Waals surface area contributed by atoms with Gasteiger partial charge in [-0.2, -0.15) is 0 Å². The largest absolute Gasteiger partial charge is 0.416 e. The van der Waals surface area contributed by atoms with Gasteiger partial charge in [0, 0.05) is 24.7 Å². The molecule has 0 aliphatic carbocycles. The number of nitrogens with one attached hydrogen (secondary N) is 1. The van der Waals surface area contributed by atoms with Gasteiger partial charge in [-0.15, -0.1) is 0 Å². The van der Waals surface area contributed by atoms with E-state index in [1.807, 2.05) is 6.07 Å². The van der Waals surface area contributed by atoms with E-state index in [0.717, 1.165) is 0 Å². The maximum absolute atomic E-state index is 12.1. The Morgan fingerprint density at radius 3 is 2.42 bits per heavy atom. The summed E-state index contributed by atoms with van der Waals surface area (Å²) in [5.74, 6) is -0.0761. The number of carbonyl (C=O) groups excluding carboxylic acids is 2. The van der Waals surface area contributed by atoms with Gasteiger partial charge < -0.3 is 20.1 Å². The molecule has 1 aromatic heterocycles. The van der Waals surface area contributed by atoms with Crippen LogP contribution in [0.15, 0.2) is 48.7 Å². The van der Waals surface area contributed by atoms with Crippen LogP contribution in [-0.4, -0.2) is 46.2 Å². The van der Waals surface area contributed by atoms with Crippen LogP contribution in [0.1, 0.15) is 23.2 Å². The third kappa shape index (κ3) is 5.00. The molecule has 0 radical (unpaired) electrons. The van der Waals surface area contributed by atoms with Gasteiger partial charge in [0.2, 0.25) is 5.88 Å². The molecule has 2 amide bonds. The quantitative estimate of drug-likeness (QED) is 0.876. The molecule has 2 heterocycles. The van der Waals surface area contributed by atoms with Gasteiger partial charge >= 0.3 is 6.09 Å². The number of aromatic nitrogens is 1. The topological polar surface area (TPSA) is 91.8 Å². The van der Waals surface area contributed by atoms with Crippen LogP contribution in [0.2, 0.25) is 0 Å². The zero-order valence-corrected chi connectivity index (χ0v) is 14.0. The molecule has 0 saturated carbocycles. The molecule has 2 N–H and O–H groups in total. The number of halogens is 1. The van der Waals surface area contributed by atoms with Crippen molar-refractivity contribution in [1.82, 2.24) is 9.88 Å². The predicted molar refractivity (Wildman–Crippen MR) is 94.0 cm³/mol. The van der Waals surface area contributed by atoms with Crippen LogP contribution in [0.3, 0.4) is 0 Å². The Bertz CT molecular complexity index is 732.